The molecule has 0 radical (unpaired) electrons. The van der Waals surface area contributed by atoms with E-state index in [1.165, 1.54) is 18.9 Å². The van der Waals surface area contributed by atoms with E-state index in [9.17, 15) is 13.0 Å². The number of ether oxygens (including phenoxy) is 2. The summed E-state index contributed by atoms with van der Waals surface area (Å²) in [4.78, 5) is 1.90. The normalized spacial score (nSPS) is 10.4. The van der Waals surface area contributed by atoms with Crippen molar-refractivity contribution in [3.8, 4) is 11.5 Å². The van der Waals surface area contributed by atoms with E-state index in [0.717, 1.165) is 10.6 Å². The van der Waals surface area contributed by atoms with Gasteiger partial charge in [-0.2, -0.15) is 8.42 Å². The smallest absolute Gasteiger partial charge is 0.493 e. The van der Waals surface area contributed by atoms with Gasteiger partial charge in [0.15, 0.2) is 11.5 Å². The molecule has 0 atom stereocenters. The Morgan fingerprint density at radius 2 is 1.21 bits per heavy atom. The Bertz CT molecular complexity index is 1170. The third kappa shape index (κ3) is 13.2. The fourth-order valence-electron chi connectivity index (χ4n) is 3.37. The van der Waals surface area contributed by atoms with E-state index in [1.54, 1.807) is 32.4 Å². The predicted octanol–water partition coefficient (Wildman–Crippen LogP) is 5.43. The predicted molar refractivity (Wildman–Crippen MR) is 165 cm³/mol. The fraction of sp³-hybridized carbons (Fsp3) is 0.300. The van der Waals surface area contributed by atoms with Crippen LogP contribution in [0.5, 0.6) is 11.5 Å². The van der Waals surface area contributed by atoms with Gasteiger partial charge in [-0.05, 0) is 70.9 Å². The number of methoxy groups -OCH3 is 2. The molecule has 0 spiro atoms. The minimum absolute atomic E-state index is 0. The van der Waals surface area contributed by atoms with Gasteiger partial charge in [-0.3, -0.25) is 4.55 Å². The second kappa shape index (κ2) is 20.8. The van der Waals surface area contributed by atoms with Gasteiger partial charge >= 0.3 is 20.4 Å². The number of hydrogen-bond donors (Lipinski definition) is 1. The largest absolute Gasteiger partial charge is 2.00 e. The van der Waals surface area contributed by atoms with Gasteiger partial charge in [0.2, 0.25) is 0 Å². The van der Waals surface area contributed by atoms with Gasteiger partial charge in [0.25, 0.3) is 10.1 Å². The molecule has 0 unspecified atom stereocenters. The second-order valence-electron chi connectivity index (χ2n) is 8.45. The van der Waals surface area contributed by atoms with Crippen molar-refractivity contribution < 1.29 is 42.9 Å². The molecule has 0 saturated carbocycles. The molecular weight excluding hydrogens is 624 g/mol. The minimum Gasteiger partial charge on any atom is -0.493 e. The van der Waals surface area contributed by atoms with Gasteiger partial charge in [0.05, 0.1) is 14.2 Å². The van der Waals surface area contributed by atoms with Crippen molar-refractivity contribution in [1.29, 1.82) is 0 Å². The van der Waals surface area contributed by atoms with Crippen molar-refractivity contribution in [3.63, 3.8) is 0 Å². The average Bonchev–Trinajstić information content (AvgIpc) is 2.88. The molecule has 1 N–H and O–H groups in total. The summed E-state index contributed by atoms with van der Waals surface area (Å²) in [5.74, 6) is 1.31. The number of rotatable bonds is 8. The molecule has 0 aliphatic carbocycles. The molecule has 39 heavy (non-hydrogen) atoms. The van der Waals surface area contributed by atoms with Crippen LogP contribution in [0.25, 0.3) is 0 Å². The first-order valence-electron chi connectivity index (χ1n) is 12.0. The Kier molecular flexibility index (Phi) is 20.9. The van der Waals surface area contributed by atoms with E-state index in [2.05, 4.69) is 26.0 Å². The van der Waals surface area contributed by atoms with Crippen molar-refractivity contribution >= 4 is 34.0 Å². The molecule has 3 rings (SSSR count). The van der Waals surface area contributed by atoms with Crippen LogP contribution in [0.3, 0.4) is 0 Å². The maximum absolute atomic E-state index is 12.0. The van der Waals surface area contributed by atoms with E-state index in [4.69, 9.17) is 9.47 Å². The van der Waals surface area contributed by atoms with Crippen LogP contribution in [0, 0.1) is 7.43 Å². The van der Waals surface area contributed by atoms with Crippen molar-refractivity contribution in [3.05, 3.63) is 92.4 Å². The summed E-state index contributed by atoms with van der Waals surface area (Å²) >= 11 is 0. The molecule has 0 saturated heterocycles. The summed E-state index contributed by atoms with van der Waals surface area (Å²) in [5, 5.41) is 2.27. The molecule has 0 aliphatic rings. The Hall–Kier alpha value is -2.04. The Balaban J connectivity index is 0. The van der Waals surface area contributed by atoms with Crippen molar-refractivity contribution in [2.75, 3.05) is 35.4 Å². The zero-order chi connectivity index (χ0) is 27.8. The van der Waals surface area contributed by atoms with Crippen LogP contribution in [-0.2, 0) is 30.5 Å². The Labute approximate surface area is 251 Å². The van der Waals surface area contributed by atoms with Crippen LogP contribution < -0.4 is 25.4 Å². The molecule has 0 aromatic heterocycles. The molecule has 0 amide bonds. The van der Waals surface area contributed by atoms with Gasteiger partial charge < -0.3 is 21.8 Å². The molecule has 218 valence electrons. The van der Waals surface area contributed by atoms with Gasteiger partial charge in [0.1, 0.15) is 28.7 Å². The maximum atomic E-state index is 12.0. The third-order valence-electron chi connectivity index (χ3n) is 4.88. The second-order valence-corrected chi connectivity index (χ2v) is 12.2. The van der Waals surface area contributed by atoms with E-state index >= 15 is 0 Å². The van der Waals surface area contributed by atoms with E-state index in [0.29, 0.717) is 16.8 Å². The van der Waals surface area contributed by atoms with E-state index in [-0.39, 0.29) is 32.7 Å². The van der Waals surface area contributed by atoms with Crippen LogP contribution in [0.15, 0.2) is 89.8 Å². The van der Waals surface area contributed by atoms with E-state index in [1.807, 2.05) is 74.6 Å². The fourth-order valence-corrected chi connectivity index (χ4v) is 7.51. The summed E-state index contributed by atoms with van der Waals surface area (Å²) in [7, 11) is 2.91. The summed E-state index contributed by atoms with van der Waals surface area (Å²) in [6.07, 6.45) is 6.77. The third-order valence-corrected chi connectivity index (χ3v) is 8.85. The minimum atomic E-state index is -4.39. The molecule has 0 heterocycles. The van der Waals surface area contributed by atoms with Gasteiger partial charge in [0, 0.05) is 0 Å². The standard InChI is InChI=1S/C20H19O5PS.C6H12.C3H9N.CH3.Pd/c1-24-15-9-3-5-11-17(15)26(18-12-6-4-10-16(18)25-2)19-13-7-8-14-20(19)27(21,22)23;1-3-5-6-4-2;1-4(2)3;;/h3-14H,1-2H3,(H,21,22,23);3,5H,4,6H2,1-2H3;1-3H3;1H3;/q;;;-1;+2/p+1/b;5-3+;;;. The number of unbranched alkanes of at least 4 members (excludes halogenated alkanes) is 1. The number of nitrogens with zero attached hydrogens (tertiary/aromatic N) is 1. The number of benzene rings is 3. The summed E-state index contributed by atoms with van der Waals surface area (Å²) in [6.45, 7) is 4.23. The molecule has 0 bridgehead atoms. The zero-order valence-electron chi connectivity index (χ0n) is 24.2. The molecule has 3 aromatic carbocycles. The van der Waals surface area contributed by atoms with E-state index < -0.39 is 18.0 Å². The summed E-state index contributed by atoms with van der Waals surface area (Å²) in [5.41, 5.74) is 0. The monoisotopic (exact) mass is 667 g/mol. The molecule has 0 fully saturated rings. The first-order chi connectivity index (χ1) is 17.6. The van der Waals surface area contributed by atoms with Crippen molar-refractivity contribution in [2.45, 2.75) is 31.6 Å². The first kappa shape index (κ1) is 39.1. The summed E-state index contributed by atoms with van der Waals surface area (Å²) < 4.78 is 45.0. The van der Waals surface area contributed by atoms with Gasteiger partial charge in [-0.1, -0.05) is 61.9 Å². The topological polar surface area (TPSA) is 76.1 Å². The molecule has 9 heteroatoms. The van der Waals surface area contributed by atoms with Crippen LogP contribution in [0.2, 0.25) is 0 Å². The zero-order valence-corrected chi connectivity index (χ0v) is 27.6. The van der Waals surface area contributed by atoms with Crippen molar-refractivity contribution in [1.82, 2.24) is 4.90 Å². The van der Waals surface area contributed by atoms with Crippen LogP contribution in [-0.4, -0.2) is 53.2 Å². The van der Waals surface area contributed by atoms with Crippen molar-refractivity contribution in [2.24, 2.45) is 0 Å². The first-order valence-corrected chi connectivity index (χ1v) is 15.0. The van der Waals surface area contributed by atoms with Gasteiger partial charge in [-0.15, -0.1) is 0 Å². The summed E-state index contributed by atoms with van der Waals surface area (Å²) in [6, 6.07) is 21.5. The van der Waals surface area contributed by atoms with Crippen LogP contribution >= 0.6 is 7.92 Å². The SMILES string of the molecule is C/C=C/CCC.CN(C)C.COc1ccccc1[PH+](c1ccccc1OC)c1ccccc1S(=O)(=O)O.[CH3-].[Pd+2]. The number of allylic oxidation sites excluding steroid dienone is 2. The average molecular weight is 668 g/mol. The quantitative estimate of drug-likeness (QED) is 0.114. The number of para-hydroxylation sites is 2. The van der Waals surface area contributed by atoms with Crippen LogP contribution in [0.4, 0.5) is 0 Å². The number of hydrogen-bond acceptors (Lipinski definition) is 5. The Morgan fingerprint density at radius 3 is 1.54 bits per heavy atom. The molecular formula is C30H44NO5PPdS+2. The van der Waals surface area contributed by atoms with Crippen LogP contribution in [0.1, 0.15) is 26.7 Å². The Morgan fingerprint density at radius 1 is 0.821 bits per heavy atom. The molecule has 3 aromatic rings. The van der Waals surface area contributed by atoms with Gasteiger partial charge in [-0.25, -0.2) is 0 Å². The maximum Gasteiger partial charge on any atom is 2.00 e. The molecule has 6 nitrogen and oxygen atoms in total. The molecule has 0 aliphatic heterocycles.